The molecule has 25 heavy (non-hydrogen) atoms. The number of hydrogen-bond acceptors (Lipinski definition) is 4. The molecule has 1 heterocycles. The highest BCUT2D eigenvalue weighted by atomic mass is 32.2. The average Bonchev–Trinajstić information content (AvgIpc) is 3.38. The number of carbonyl (C=O) groups is 1. The maximum Gasteiger partial charge on any atom is 0.233 e. The van der Waals surface area contributed by atoms with Crippen LogP contribution >= 0.6 is 11.8 Å². The molecule has 1 saturated carbocycles. The molecule has 1 N–H and O–H groups in total. The van der Waals surface area contributed by atoms with Gasteiger partial charge in [-0.2, -0.15) is 0 Å². The third-order valence-corrected chi connectivity index (χ3v) is 5.11. The van der Waals surface area contributed by atoms with E-state index < -0.39 is 0 Å². The van der Waals surface area contributed by atoms with Crippen LogP contribution in [0, 0.1) is 5.82 Å². The lowest BCUT2D eigenvalue weighted by Gasteiger charge is -2.13. The molecule has 2 aromatic rings. The van der Waals surface area contributed by atoms with Gasteiger partial charge in [0.25, 0.3) is 0 Å². The zero-order chi connectivity index (χ0) is 17.8. The normalized spacial score (nSPS) is 15.0. The summed E-state index contributed by atoms with van der Waals surface area (Å²) >= 11 is 1.39. The monoisotopic (exact) mass is 360 g/mol. The number of carbonyl (C=O) groups excluding carboxylic acids is 1. The summed E-state index contributed by atoms with van der Waals surface area (Å²) in [6.45, 7) is 6.65. The van der Waals surface area contributed by atoms with E-state index in [1.807, 2.05) is 17.6 Å². The van der Waals surface area contributed by atoms with Gasteiger partial charge in [0.1, 0.15) is 11.6 Å². The lowest BCUT2D eigenvalue weighted by Crippen LogP contribution is -2.30. The molecule has 1 unspecified atom stereocenters. The van der Waals surface area contributed by atoms with E-state index in [0.717, 1.165) is 29.4 Å². The van der Waals surface area contributed by atoms with Crippen LogP contribution in [0.5, 0.6) is 0 Å². The minimum absolute atomic E-state index is 0.0875. The largest absolute Gasteiger partial charge is 0.351 e. The predicted octanol–water partition coefficient (Wildman–Crippen LogP) is 3.28. The number of allylic oxidation sites excluding steroid dienone is 1. The van der Waals surface area contributed by atoms with Gasteiger partial charge < -0.3 is 9.88 Å². The molecular weight excluding hydrogens is 339 g/mol. The summed E-state index contributed by atoms with van der Waals surface area (Å²) in [4.78, 5) is 12.3. The van der Waals surface area contributed by atoms with Gasteiger partial charge in [0, 0.05) is 19.0 Å². The minimum atomic E-state index is -0.305. The molecule has 7 heteroatoms. The van der Waals surface area contributed by atoms with E-state index in [2.05, 4.69) is 22.1 Å². The number of amides is 1. The maximum absolute atomic E-state index is 12.9. The maximum atomic E-state index is 12.9. The Kier molecular flexibility index (Phi) is 5.53. The van der Waals surface area contributed by atoms with Crippen LogP contribution in [0.1, 0.15) is 37.1 Å². The molecule has 0 bridgehead atoms. The number of nitrogens with zero attached hydrogens (tertiary/aromatic N) is 3. The first kappa shape index (κ1) is 17.7. The third-order valence-electron chi connectivity index (χ3n) is 4.03. The molecule has 3 rings (SSSR count). The summed E-state index contributed by atoms with van der Waals surface area (Å²) in [5, 5.41) is 11.8. The Labute approximate surface area is 150 Å². The van der Waals surface area contributed by atoms with Crippen molar-refractivity contribution in [3.8, 4) is 0 Å². The predicted molar refractivity (Wildman–Crippen MR) is 95.8 cm³/mol. The number of halogens is 1. The summed E-state index contributed by atoms with van der Waals surface area (Å²) in [6.07, 6.45) is 4.11. The molecule has 5 nitrogen and oxygen atoms in total. The van der Waals surface area contributed by atoms with E-state index in [1.165, 1.54) is 23.9 Å². The lowest BCUT2D eigenvalue weighted by molar-refractivity contribution is -0.120. The number of nitrogens with one attached hydrogen (secondary N) is 1. The van der Waals surface area contributed by atoms with Crippen molar-refractivity contribution in [2.75, 3.05) is 0 Å². The summed E-state index contributed by atoms with van der Waals surface area (Å²) in [7, 11) is 0. The summed E-state index contributed by atoms with van der Waals surface area (Å²) < 4.78 is 14.9. The van der Waals surface area contributed by atoms with Crippen LogP contribution in [0.15, 0.2) is 42.1 Å². The molecule has 132 valence electrons. The molecule has 0 spiro atoms. The summed E-state index contributed by atoms with van der Waals surface area (Å²) in [6, 6.07) is 6.10. The molecule has 1 aromatic heterocycles. The Morgan fingerprint density at radius 3 is 2.80 bits per heavy atom. The van der Waals surface area contributed by atoms with Gasteiger partial charge in [-0.15, -0.1) is 16.8 Å². The molecule has 0 radical (unpaired) electrons. The molecule has 1 aromatic carbocycles. The highest BCUT2D eigenvalue weighted by molar-refractivity contribution is 8.00. The second-order valence-electron chi connectivity index (χ2n) is 6.12. The lowest BCUT2D eigenvalue weighted by atomic mass is 10.2. The molecule has 1 aliphatic rings. The number of benzene rings is 1. The molecule has 1 amide bonds. The smallest absolute Gasteiger partial charge is 0.233 e. The van der Waals surface area contributed by atoms with Crippen molar-refractivity contribution in [1.29, 1.82) is 0 Å². The van der Waals surface area contributed by atoms with E-state index in [0.29, 0.717) is 19.0 Å². The first-order valence-electron chi connectivity index (χ1n) is 8.31. The minimum Gasteiger partial charge on any atom is -0.351 e. The summed E-state index contributed by atoms with van der Waals surface area (Å²) in [5.74, 6) is 1.10. The average molecular weight is 360 g/mol. The third kappa shape index (κ3) is 4.48. The van der Waals surface area contributed by atoms with Gasteiger partial charge >= 0.3 is 0 Å². The van der Waals surface area contributed by atoms with E-state index >= 15 is 0 Å². The standard InChI is InChI=1S/C18H21FN4OS/c1-3-10-23-16(14-6-7-14)21-22-18(23)25-12(2)17(24)20-11-13-4-8-15(19)9-5-13/h3-5,8-9,12,14H,1,6-7,10-11H2,2H3,(H,20,24). The second kappa shape index (κ2) is 7.82. The van der Waals surface area contributed by atoms with E-state index in [4.69, 9.17) is 0 Å². The Morgan fingerprint density at radius 2 is 2.16 bits per heavy atom. The van der Waals surface area contributed by atoms with Crippen LogP contribution in [-0.2, 0) is 17.9 Å². The van der Waals surface area contributed by atoms with Crippen molar-refractivity contribution in [1.82, 2.24) is 20.1 Å². The van der Waals surface area contributed by atoms with Gasteiger partial charge in [-0.25, -0.2) is 4.39 Å². The molecule has 1 fully saturated rings. The van der Waals surface area contributed by atoms with Gasteiger partial charge in [-0.1, -0.05) is 30.0 Å². The molecular formula is C18H21FN4OS. The van der Waals surface area contributed by atoms with Gasteiger partial charge in [0.05, 0.1) is 5.25 Å². The zero-order valence-corrected chi connectivity index (χ0v) is 14.9. The van der Waals surface area contributed by atoms with Crippen molar-refractivity contribution in [3.05, 3.63) is 54.1 Å². The topological polar surface area (TPSA) is 59.8 Å². The fourth-order valence-electron chi connectivity index (χ4n) is 2.48. The summed E-state index contributed by atoms with van der Waals surface area (Å²) in [5.41, 5.74) is 0.859. The van der Waals surface area contributed by atoms with Crippen molar-refractivity contribution >= 4 is 17.7 Å². The van der Waals surface area contributed by atoms with Crippen molar-refractivity contribution < 1.29 is 9.18 Å². The molecule has 0 saturated heterocycles. The second-order valence-corrected chi connectivity index (χ2v) is 7.43. The van der Waals surface area contributed by atoms with E-state index in [1.54, 1.807) is 12.1 Å². The van der Waals surface area contributed by atoms with Crippen LogP contribution in [0.3, 0.4) is 0 Å². The van der Waals surface area contributed by atoms with Crippen LogP contribution in [0.25, 0.3) is 0 Å². The van der Waals surface area contributed by atoms with Gasteiger partial charge in [0.15, 0.2) is 5.16 Å². The fraction of sp³-hybridized carbons (Fsp3) is 0.389. The number of thioether (sulfide) groups is 1. The van der Waals surface area contributed by atoms with Crippen LogP contribution in [0.2, 0.25) is 0 Å². The first-order chi connectivity index (χ1) is 12.1. The Hall–Kier alpha value is -2.15. The van der Waals surface area contributed by atoms with Crippen molar-refractivity contribution in [3.63, 3.8) is 0 Å². The molecule has 1 aliphatic carbocycles. The Balaban J connectivity index is 1.59. The van der Waals surface area contributed by atoms with Gasteiger partial charge in [0.2, 0.25) is 5.91 Å². The zero-order valence-electron chi connectivity index (χ0n) is 14.1. The number of rotatable bonds is 8. The highest BCUT2D eigenvalue weighted by Gasteiger charge is 2.30. The van der Waals surface area contributed by atoms with Crippen LogP contribution < -0.4 is 5.32 Å². The Morgan fingerprint density at radius 1 is 1.44 bits per heavy atom. The molecule has 0 aliphatic heterocycles. The quantitative estimate of drug-likeness (QED) is 0.580. The molecule has 1 atom stereocenters. The van der Waals surface area contributed by atoms with Gasteiger partial charge in [-0.3, -0.25) is 4.79 Å². The van der Waals surface area contributed by atoms with Crippen LogP contribution in [-0.4, -0.2) is 25.9 Å². The first-order valence-corrected chi connectivity index (χ1v) is 9.19. The highest BCUT2D eigenvalue weighted by Crippen LogP contribution is 2.40. The fourth-order valence-corrected chi connectivity index (χ4v) is 3.37. The number of aromatic nitrogens is 3. The SMILES string of the molecule is C=CCn1c(SC(C)C(=O)NCc2ccc(F)cc2)nnc1C1CC1. The van der Waals surface area contributed by atoms with Crippen molar-refractivity contribution in [2.24, 2.45) is 0 Å². The van der Waals surface area contributed by atoms with E-state index in [-0.39, 0.29) is 17.0 Å². The number of hydrogen-bond donors (Lipinski definition) is 1. The van der Waals surface area contributed by atoms with E-state index in [9.17, 15) is 9.18 Å². The Bertz CT molecular complexity index is 755. The van der Waals surface area contributed by atoms with Crippen LogP contribution in [0.4, 0.5) is 4.39 Å². The van der Waals surface area contributed by atoms with Crippen molar-refractivity contribution in [2.45, 2.75) is 49.2 Å². The van der Waals surface area contributed by atoms with Gasteiger partial charge in [-0.05, 0) is 37.5 Å².